The first-order valence-electron chi connectivity index (χ1n) is 6.29. The van der Waals surface area contributed by atoms with Crippen LogP contribution in [0.25, 0.3) is 0 Å². The molecule has 1 aliphatic rings. The second-order valence-electron chi connectivity index (χ2n) is 4.74. The molecule has 2 nitrogen and oxygen atoms in total. The molecule has 0 aliphatic carbocycles. The van der Waals surface area contributed by atoms with Crippen molar-refractivity contribution in [1.29, 1.82) is 0 Å². The molecule has 0 amide bonds. The Bertz CT molecular complexity index is 670. The van der Waals surface area contributed by atoms with Gasteiger partial charge in [-0.1, -0.05) is 35.7 Å². The van der Waals surface area contributed by atoms with Crippen molar-refractivity contribution in [3.05, 3.63) is 59.4 Å². The fourth-order valence-electron chi connectivity index (χ4n) is 2.13. The van der Waals surface area contributed by atoms with E-state index in [2.05, 4.69) is 16.8 Å². The van der Waals surface area contributed by atoms with Crippen LogP contribution in [0.2, 0.25) is 5.02 Å². The average molecular weight is 287 g/mol. The molecule has 0 saturated carbocycles. The van der Waals surface area contributed by atoms with Gasteiger partial charge < -0.3 is 4.90 Å². The zero-order valence-corrected chi connectivity index (χ0v) is 11.4. The number of rotatable bonds is 1. The first-order valence-corrected chi connectivity index (χ1v) is 6.67. The molecule has 0 bridgehead atoms. The van der Waals surface area contributed by atoms with Gasteiger partial charge in [0, 0.05) is 6.20 Å². The number of aromatic nitrogens is 1. The Kier molecular flexibility index (Phi) is 3.33. The van der Waals surface area contributed by atoms with Crippen molar-refractivity contribution in [1.82, 2.24) is 4.98 Å². The van der Waals surface area contributed by atoms with E-state index >= 15 is 0 Å². The van der Waals surface area contributed by atoms with E-state index in [4.69, 9.17) is 11.6 Å². The van der Waals surface area contributed by atoms with Gasteiger partial charge in [0.25, 0.3) is 0 Å². The van der Waals surface area contributed by atoms with E-state index in [1.165, 1.54) is 0 Å². The highest BCUT2D eigenvalue weighted by molar-refractivity contribution is 6.33. The van der Waals surface area contributed by atoms with Gasteiger partial charge in [0.1, 0.15) is 5.69 Å². The van der Waals surface area contributed by atoms with E-state index in [0.717, 1.165) is 5.69 Å². The molecular weight excluding hydrogens is 275 g/mol. The quantitative estimate of drug-likeness (QED) is 0.748. The minimum absolute atomic E-state index is 0.233. The highest BCUT2D eigenvalue weighted by Gasteiger charge is 2.42. The van der Waals surface area contributed by atoms with E-state index in [9.17, 15) is 4.39 Å². The standard InChI is InChI=1S/C16H12ClFN2/c17-14-6-1-2-7-15(14)20-11-16(18,12-20)9-8-13-5-3-4-10-19-13/h1-7,10H,11-12H2. The molecule has 2 aromatic rings. The molecule has 20 heavy (non-hydrogen) atoms. The number of pyridine rings is 1. The first kappa shape index (κ1) is 13.0. The largest absolute Gasteiger partial charge is 0.362 e. The van der Waals surface area contributed by atoms with Crippen LogP contribution in [0.4, 0.5) is 10.1 Å². The lowest BCUT2D eigenvalue weighted by Gasteiger charge is -2.43. The molecule has 4 heteroatoms. The molecule has 1 fully saturated rings. The summed E-state index contributed by atoms with van der Waals surface area (Å²) in [5.74, 6) is 5.45. The van der Waals surface area contributed by atoms with Gasteiger partial charge in [0.2, 0.25) is 5.67 Å². The number of alkyl halides is 1. The van der Waals surface area contributed by atoms with Crippen molar-refractivity contribution in [2.45, 2.75) is 5.67 Å². The van der Waals surface area contributed by atoms with E-state index in [1.807, 2.05) is 29.2 Å². The van der Waals surface area contributed by atoms with E-state index in [0.29, 0.717) is 10.7 Å². The highest BCUT2D eigenvalue weighted by atomic mass is 35.5. The van der Waals surface area contributed by atoms with E-state index in [1.54, 1.807) is 24.4 Å². The Hall–Kier alpha value is -2.05. The van der Waals surface area contributed by atoms with Crippen LogP contribution in [0.5, 0.6) is 0 Å². The summed E-state index contributed by atoms with van der Waals surface area (Å²) in [5, 5.41) is 0.632. The number of para-hydroxylation sites is 1. The molecule has 1 aliphatic heterocycles. The monoisotopic (exact) mass is 286 g/mol. The van der Waals surface area contributed by atoms with E-state index < -0.39 is 5.67 Å². The van der Waals surface area contributed by atoms with Crippen LogP contribution in [-0.2, 0) is 0 Å². The van der Waals surface area contributed by atoms with Crippen LogP contribution in [0.1, 0.15) is 5.69 Å². The summed E-state index contributed by atoms with van der Waals surface area (Å²) in [6.07, 6.45) is 1.64. The van der Waals surface area contributed by atoms with Crippen molar-refractivity contribution >= 4 is 17.3 Å². The molecule has 1 saturated heterocycles. The Morgan fingerprint density at radius 3 is 2.60 bits per heavy atom. The summed E-state index contributed by atoms with van der Waals surface area (Å²) in [5.41, 5.74) is -0.0562. The zero-order valence-electron chi connectivity index (χ0n) is 10.7. The number of anilines is 1. The third-order valence-electron chi connectivity index (χ3n) is 3.16. The number of hydrogen-bond acceptors (Lipinski definition) is 2. The lowest BCUT2D eigenvalue weighted by atomic mass is 9.96. The predicted molar refractivity (Wildman–Crippen MR) is 78.6 cm³/mol. The minimum Gasteiger partial charge on any atom is -0.362 e. The predicted octanol–water partition coefficient (Wildman–Crippen LogP) is 3.32. The molecule has 2 heterocycles. The maximum absolute atomic E-state index is 14.4. The summed E-state index contributed by atoms with van der Waals surface area (Å²) >= 11 is 6.09. The molecule has 0 spiro atoms. The second-order valence-corrected chi connectivity index (χ2v) is 5.14. The van der Waals surface area contributed by atoms with Gasteiger partial charge in [-0.15, -0.1) is 0 Å². The van der Waals surface area contributed by atoms with Gasteiger partial charge in [-0.3, -0.25) is 0 Å². The summed E-state index contributed by atoms with van der Waals surface area (Å²) in [7, 11) is 0. The van der Waals surface area contributed by atoms with Crippen LogP contribution in [0.15, 0.2) is 48.7 Å². The molecule has 0 N–H and O–H groups in total. The first-order chi connectivity index (χ1) is 9.66. The molecular formula is C16H12ClFN2. The lowest BCUT2D eigenvalue weighted by Crippen LogP contribution is -2.58. The smallest absolute Gasteiger partial charge is 0.205 e. The highest BCUT2D eigenvalue weighted by Crippen LogP contribution is 2.34. The molecule has 0 atom stereocenters. The zero-order chi connectivity index (χ0) is 14.0. The molecule has 3 rings (SSSR count). The molecule has 1 aromatic heterocycles. The number of benzene rings is 1. The van der Waals surface area contributed by atoms with Gasteiger partial charge in [0.05, 0.1) is 23.8 Å². The SMILES string of the molecule is FC1(C#Cc2ccccn2)CN(c2ccccc2Cl)C1. The minimum atomic E-state index is -1.49. The molecule has 0 radical (unpaired) electrons. The van der Waals surface area contributed by atoms with E-state index in [-0.39, 0.29) is 13.1 Å². The second kappa shape index (κ2) is 5.15. The number of halogens is 2. The molecule has 0 unspecified atom stereocenters. The Morgan fingerprint density at radius 2 is 1.90 bits per heavy atom. The van der Waals surface area contributed by atoms with Crippen LogP contribution in [-0.4, -0.2) is 23.7 Å². The van der Waals surface area contributed by atoms with Crippen molar-refractivity contribution in [3.8, 4) is 11.8 Å². The maximum Gasteiger partial charge on any atom is 0.205 e. The van der Waals surface area contributed by atoms with Crippen LogP contribution >= 0.6 is 11.6 Å². The van der Waals surface area contributed by atoms with Crippen molar-refractivity contribution < 1.29 is 4.39 Å². The number of hydrogen-bond donors (Lipinski definition) is 0. The summed E-state index contributed by atoms with van der Waals surface area (Å²) in [6, 6.07) is 12.8. The topological polar surface area (TPSA) is 16.1 Å². The van der Waals surface area contributed by atoms with Crippen molar-refractivity contribution in [2.24, 2.45) is 0 Å². The van der Waals surface area contributed by atoms with Gasteiger partial charge in [0.15, 0.2) is 0 Å². The van der Waals surface area contributed by atoms with Gasteiger partial charge in [-0.2, -0.15) is 0 Å². The molecule has 100 valence electrons. The fourth-order valence-corrected chi connectivity index (χ4v) is 2.38. The van der Waals surface area contributed by atoms with Crippen LogP contribution in [0, 0.1) is 11.8 Å². The maximum atomic E-state index is 14.4. The third-order valence-corrected chi connectivity index (χ3v) is 3.48. The average Bonchev–Trinajstić information content (AvgIpc) is 2.44. The fraction of sp³-hybridized carbons (Fsp3) is 0.188. The Morgan fingerprint density at radius 1 is 1.15 bits per heavy atom. The van der Waals surface area contributed by atoms with Gasteiger partial charge in [-0.25, -0.2) is 9.37 Å². The van der Waals surface area contributed by atoms with Crippen molar-refractivity contribution in [2.75, 3.05) is 18.0 Å². The molecule has 1 aromatic carbocycles. The summed E-state index contributed by atoms with van der Waals surface area (Å²) in [6.45, 7) is 0.465. The van der Waals surface area contributed by atoms with Crippen molar-refractivity contribution in [3.63, 3.8) is 0 Å². The van der Waals surface area contributed by atoms with Gasteiger partial charge >= 0.3 is 0 Å². The third kappa shape index (κ3) is 2.61. The van der Waals surface area contributed by atoms with Crippen LogP contribution in [0.3, 0.4) is 0 Å². The lowest BCUT2D eigenvalue weighted by molar-refractivity contribution is 0.192. The Balaban J connectivity index is 1.70. The normalized spacial score (nSPS) is 16.0. The number of nitrogens with zero attached hydrogens (tertiary/aromatic N) is 2. The summed E-state index contributed by atoms with van der Waals surface area (Å²) in [4.78, 5) is 5.94. The van der Waals surface area contributed by atoms with Gasteiger partial charge in [-0.05, 0) is 30.2 Å². The van der Waals surface area contributed by atoms with Crippen LogP contribution < -0.4 is 4.90 Å². The summed E-state index contributed by atoms with van der Waals surface area (Å²) < 4.78 is 14.4. The Labute approximate surface area is 122 Å².